The molecule has 0 bridgehead atoms. The lowest BCUT2D eigenvalue weighted by molar-refractivity contribution is 0.670. The number of rotatable bonds is 3. The van der Waals surface area contributed by atoms with Gasteiger partial charge in [0.2, 0.25) is 0 Å². The number of benzene rings is 9. The summed E-state index contributed by atoms with van der Waals surface area (Å²) in [5, 5.41) is 5.64. The highest BCUT2D eigenvalue weighted by Gasteiger charge is 2.51. The molecule has 9 aromatic carbocycles. The van der Waals surface area contributed by atoms with Crippen molar-refractivity contribution in [3.05, 3.63) is 222 Å². The average molecular weight is 736 g/mol. The molecule has 2 aromatic heterocycles. The highest BCUT2D eigenvalue weighted by atomic mass is 16.3. The Kier molecular flexibility index (Phi) is 6.40. The molecule has 58 heavy (non-hydrogen) atoms. The van der Waals surface area contributed by atoms with Crippen molar-refractivity contribution in [3.8, 4) is 55.8 Å². The highest BCUT2D eigenvalue weighted by molar-refractivity contribution is 6.29. The van der Waals surface area contributed by atoms with Crippen molar-refractivity contribution in [2.24, 2.45) is 0 Å². The lowest BCUT2D eigenvalue weighted by Crippen LogP contribution is -2.25. The van der Waals surface area contributed by atoms with E-state index in [-0.39, 0.29) is 0 Å². The van der Waals surface area contributed by atoms with Crippen molar-refractivity contribution < 1.29 is 4.42 Å². The van der Waals surface area contributed by atoms with E-state index < -0.39 is 5.41 Å². The van der Waals surface area contributed by atoms with Gasteiger partial charge in [-0.15, -0.1) is 0 Å². The summed E-state index contributed by atoms with van der Waals surface area (Å²) >= 11 is 0. The zero-order valence-corrected chi connectivity index (χ0v) is 31.4. The van der Waals surface area contributed by atoms with Crippen LogP contribution in [-0.2, 0) is 5.41 Å². The van der Waals surface area contributed by atoms with Gasteiger partial charge >= 0.3 is 0 Å². The third kappa shape index (κ3) is 4.08. The minimum absolute atomic E-state index is 0.403. The maximum absolute atomic E-state index is 6.98. The van der Waals surface area contributed by atoms with Crippen LogP contribution in [0.2, 0.25) is 0 Å². The van der Waals surface area contributed by atoms with E-state index in [1.165, 1.54) is 61.0 Å². The van der Waals surface area contributed by atoms with Crippen LogP contribution in [0.25, 0.3) is 99.4 Å². The molecule has 0 fully saturated rings. The summed E-state index contributed by atoms with van der Waals surface area (Å²) in [5.74, 6) is 0. The SMILES string of the molecule is c1ccc(-c2nc3ccccc3c3c2ccc2oc4c(-c5ccccc5-c5ccc6c(c5)C5(c7ccccc7-c7ccccc75)c5ccccc5-6)cccc4c23)cc1. The van der Waals surface area contributed by atoms with Gasteiger partial charge in [-0.05, 0) is 85.5 Å². The van der Waals surface area contributed by atoms with Crippen molar-refractivity contribution >= 4 is 43.6 Å². The molecule has 1 spiro atoms. The van der Waals surface area contributed by atoms with Gasteiger partial charge in [0.25, 0.3) is 0 Å². The molecule has 268 valence electrons. The fraction of sp³-hybridized carbons (Fsp3) is 0.0179. The molecule has 2 heteroatoms. The number of hydrogen-bond donors (Lipinski definition) is 0. The number of furan rings is 1. The molecular formula is C56H33NO. The first kappa shape index (κ1) is 31.6. The first-order valence-corrected chi connectivity index (χ1v) is 20.0. The number of para-hydroxylation sites is 2. The fourth-order valence-corrected chi connectivity index (χ4v) is 10.6. The van der Waals surface area contributed by atoms with Crippen molar-refractivity contribution in [1.29, 1.82) is 0 Å². The van der Waals surface area contributed by atoms with Gasteiger partial charge < -0.3 is 4.42 Å². The van der Waals surface area contributed by atoms with Gasteiger partial charge in [-0.3, -0.25) is 0 Å². The van der Waals surface area contributed by atoms with Gasteiger partial charge in [-0.1, -0.05) is 176 Å². The van der Waals surface area contributed by atoms with Crippen LogP contribution in [0.3, 0.4) is 0 Å². The van der Waals surface area contributed by atoms with Gasteiger partial charge in [0.05, 0.1) is 16.6 Å². The zero-order chi connectivity index (χ0) is 38.0. The lowest BCUT2D eigenvalue weighted by Gasteiger charge is -2.30. The summed E-state index contributed by atoms with van der Waals surface area (Å²) in [7, 11) is 0. The molecule has 0 atom stereocenters. The van der Waals surface area contributed by atoms with Crippen LogP contribution in [0.5, 0.6) is 0 Å². The summed E-state index contributed by atoms with van der Waals surface area (Å²) in [6, 6.07) is 73.0. The Balaban J connectivity index is 1.05. The standard InChI is InChI=1S/C56H33NO/c1-2-15-34(16-3-1)54-44-31-32-51-53(52(44)43-22-9-13-28-50(43)57-54)45-24-14-23-42(55(45)58-51)37-18-5-4-17-36(37)35-29-30-41-40-21-8-12-27-48(40)56(49(41)33-35)46-25-10-6-19-38(46)39-20-7-11-26-47(39)56/h1-33H. The molecular weight excluding hydrogens is 703 g/mol. The van der Waals surface area contributed by atoms with Gasteiger partial charge in [0.15, 0.2) is 0 Å². The summed E-state index contributed by atoms with van der Waals surface area (Å²) in [4.78, 5) is 5.21. The normalized spacial score (nSPS) is 13.3. The van der Waals surface area contributed by atoms with Crippen LogP contribution in [0, 0.1) is 0 Å². The molecule has 11 aromatic rings. The zero-order valence-electron chi connectivity index (χ0n) is 31.4. The van der Waals surface area contributed by atoms with Gasteiger partial charge in [-0.25, -0.2) is 4.98 Å². The molecule has 0 saturated heterocycles. The number of pyridine rings is 1. The topological polar surface area (TPSA) is 26.0 Å². The van der Waals surface area contributed by atoms with Crippen LogP contribution in [0.1, 0.15) is 22.3 Å². The Morgan fingerprint density at radius 2 is 0.914 bits per heavy atom. The van der Waals surface area contributed by atoms with E-state index in [9.17, 15) is 0 Å². The summed E-state index contributed by atoms with van der Waals surface area (Å²) in [6.45, 7) is 0. The molecule has 0 N–H and O–H groups in total. The quantitative estimate of drug-likeness (QED) is 0.169. The molecule has 0 saturated carbocycles. The van der Waals surface area contributed by atoms with Crippen LogP contribution in [-0.4, -0.2) is 4.98 Å². The van der Waals surface area contributed by atoms with Crippen molar-refractivity contribution in [1.82, 2.24) is 4.98 Å². The maximum Gasteiger partial charge on any atom is 0.143 e. The first-order chi connectivity index (χ1) is 28.8. The third-order valence-corrected chi connectivity index (χ3v) is 12.9. The molecule has 2 aliphatic rings. The van der Waals surface area contributed by atoms with E-state index in [1.807, 2.05) is 0 Å². The second kappa shape index (κ2) is 11.7. The van der Waals surface area contributed by atoms with E-state index in [4.69, 9.17) is 9.40 Å². The second-order valence-electron chi connectivity index (χ2n) is 15.7. The third-order valence-electron chi connectivity index (χ3n) is 12.9. The number of aromatic nitrogens is 1. The molecule has 0 amide bonds. The Morgan fingerprint density at radius 1 is 0.345 bits per heavy atom. The summed E-state index contributed by atoms with van der Waals surface area (Å²) in [5.41, 5.74) is 19.6. The van der Waals surface area contributed by atoms with Crippen molar-refractivity contribution in [2.75, 3.05) is 0 Å². The van der Waals surface area contributed by atoms with Crippen LogP contribution in [0.4, 0.5) is 0 Å². The maximum atomic E-state index is 6.98. The first-order valence-electron chi connectivity index (χ1n) is 20.0. The molecule has 2 nitrogen and oxygen atoms in total. The highest BCUT2D eigenvalue weighted by Crippen LogP contribution is 2.63. The molecule has 2 aliphatic carbocycles. The summed E-state index contributed by atoms with van der Waals surface area (Å²) in [6.07, 6.45) is 0. The Morgan fingerprint density at radius 3 is 1.64 bits per heavy atom. The number of fused-ring (bicyclic) bond motifs is 17. The van der Waals surface area contributed by atoms with E-state index in [1.54, 1.807) is 0 Å². The number of nitrogens with zero attached hydrogens (tertiary/aromatic N) is 1. The van der Waals surface area contributed by atoms with Gasteiger partial charge in [-0.2, -0.15) is 0 Å². The molecule has 0 radical (unpaired) electrons. The lowest BCUT2D eigenvalue weighted by atomic mass is 9.70. The van der Waals surface area contributed by atoms with Gasteiger partial charge in [0.1, 0.15) is 11.2 Å². The molecule has 2 heterocycles. The monoisotopic (exact) mass is 735 g/mol. The van der Waals surface area contributed by atoms with E-state index >= 15 is 0 Å². The van der Waals surface area contributed by atoms with Crippen LogP contribution >= 0.6 is 0 Å². The smallest absolute Gasteiger partial charge is 0.143 e. The van der Waals surface area contributed by atoms with Crippen LogP contribution < -0.4 is 0 Å². The van der Waals surface area contributed by atoms with Crippen LogP contribution in [0.15, 0.2) is 205 Å². The molecule has 13 rings (SSSR count). The largest absolute Gasteiger partial charge is 0.455 e. The Labute approximate surface area is 335 Å². The minimum atomic E-state index is -0.403. The van der Waals surface area contributed by atoms with E-state index in [0.717, 1.165) is 60.6 Å². The second-order valence-corrected chi connectivity index (χ2v) is 15.7. The van der Waals surface area contributed by atoms with E-state index in [0.29, 0.717) is 0 Å². The number of hydrogen-bond acceptors (Lipinski definition) is 2. The Hall–Kier alpha value is -7.55. The molecule has 0 unspecified atom stereocenters. The van der Waals surface area contributed by atoms with Crippen molar-refractivity contribution in [3.63, 3.8) is 0 Å². The van der Waals surface area contributed by atoms with Crippen molar-refractivity contribution in [2.45, 2.75) is 5.41 Å². The molecule has 0 aliphatic heterocycles. The predicted molar refractivity (Wildman–Crippen MR) is 239 cm³/mol. The summed E-state index contributed by atoms with van der Waals surface area (Å²) < 4.78 is 6.98. The van der Waals surface area contributed by atoms with E-state index in [2.05, 4.69) is 200 Å². The average Bonchev–Trinajstić information content (AvgIpc) is 3.93. The predicted octanol–water partition coefficient (Wildman–Crippen LogP) is 14.6. The van der Waals surface area contributed by atoms with Gasteiger partial charge in [0, 0.05) is 38.1 Å². The Bertz CT molecular complexity index is 3450. The minimum Gasteiger partial charge on any atom is -0.455 e. The fourth-order valence-electron chi connectivity index (χ4n) is 10.6.